The molecule has 4 rings (SSSR count). The molecule has 0 saturated carbocycles. The largest absolute Gasteiger partial charge is 0.511 e. The van der Waals surface area contributed by atoms with Crippen LogP contribution in [0.1, 0.15) is 30.0 Å². The third-order valence-electron chi connectivity index (χ3n) is 5.26. The Bertz CT molecular complexity index is 1330. The second-order valence-corrected chi connectivity index (χ2v) is 9.36. The van der Waals surface area contributed by atoms with Crippen molar-refractivity contribution in [3.8, 4) is 0 Å². The second-order valence-electron chi connectivity index (χ2n) is 7.68. The number of benzene rings is 2. The average molecular weight is 463 g/mol. The smallest absolute Gasteiger partial charge is 0.264 e. The van der Waals surface area contributed by atoms with E-state index in [1.54, 1.807) is 13.0 Å². The fourth-order valence-electron chi connectivity index (χ4n) is 3.55. The highest BCUT2D eigenvalue weighted by atomic mass is 32.2. The van der Waals surface area contributed by atoms with E-state index in [1.165, 1.54) is 36.7 Å². The molecule has 0 bridgehead atoms. The van der Waals surface area contributed by atoms with Gasteiger partial charge in [0.15, 0.2) is 5.78 Å². The van der Waals surface area contributed by atoms with Gasteiger partial charge in [0.25, 0.3) is 10.0 Å². The fourth-order valence-corrected chi connectivity index (χ4v) is 4.50. The Morgan fingerprint density at radius 1 is 1.06 bits per heavy atom. The third-order valence-corrected chi connectivity index (χ3v) is 6.61. The maximum atomic E-state index is 12.6. The second kappa shape index (κ2) is 9.33. The number of aliphatic hydroxyl groups is 1. The Labute approximate surface area is 191 Å². The van der Waals surface area contributed by atoms with Crippen LogP contribution in [0.3, 0.4) is 0 Å². The number of aliphatic hydroxyl groups excluding tert-OH is 1. The van der Waals surface area contributed by atoms with E-state index in [-0.39, 0.29) is 33.9 Å². The first kappa shape index (κ1) is 22.3. The predicted molar refractivity (Wildman–Crippen MR) is 125 cm³/mol. The lowest BCUT2D eigenvalue weighted by Crippen LogP contribution is -2.19. The first-order valence-electron chi connectivity index (χ1n) is 10.3. The Hall–Kier alpha value is -3.85. The van der Waals surface area contributed by atoms with Crippen LogP contribution in [0.2, 0.25) is 0 Å². The number of Topliss-reactive ketones (excluding diaryl/α,β-unsaturated/α-hetero) is 1. The SMILES string of the molecule is Cc1ccnc(NS(=O)(=O)c2ccc(N=CC3=C(O)CC(c4ccccc4)CC3=O)cc2)n1. The quantitative estimate of drug-likeness (QED) is 0.528. The molecule has 33 heavy (non-hydrogen) atoms. The topological polar surface area (TPSA) is 122 Å². The number of aromatic nitrogens is 2. The monoisotopic (exact) mass is 462 g/mol. The number of carbonyl (C=O) groups excluding carboxylic acids is 1. The number of sulfonamides is 1. The van der Waals surface area contributed by atoms with Crippen LogP contribution < -0.4 is 4.72 Å². The number of rotatable bonds is 6. The summed E-state index contributed by atoms with van der Waals surface area (Å²) in [6.07, 6.45) is 3.46. The minimum absolute atomic E-state index is 0.00501. The van der Waals surface area contributed by atoms with Gasteiger partial charge in [-0.1, -0.05) is 30.3 Å². The summed E-state index contributed by atoms with van der Waals surface area (Å²) in [6.45, 7) is 1.73. The highest BCUT2D eigenvalue weighted by molar-refractivity contribution is 7.92. The van der Waals surface area contributed by atoms with Crippen molar-refractivity contribution in [1.82, 2.24) is 9.97 Å². The maximum Gasteiger partial charge on any atom is 0.264 e. The van der Waals surface area contributed by atoms with E-state index in [1.807, 2.05) is 30.3 Å². The van der Waals surface area contributed by atoms with Gasteiger partial charge >= 0.3 is 0 Å². The number of carbonyl (C=O) groups is 1. The Morgan fingerprint density at radius 3 is 2.45 bits per heavy atom. The molecule has 1 heterocycles. The molecule has 9 heteroatoms. The summed E-state index contributed by atoms with van der Waals surface area (Å²) in [4.78, 5) is 24.8. The lowest BCUT2D eigenvalue weighted by Gasteiger charge is -2.22. The number of aliphatic imine (C=N–C) groups is 1. The van der Waals surface area contributed by atoms with Gasteiger partial charge < -0.3 is 5.11 Å². The van der Waals surface area contributed by atoms with Crippen LogP contribution in [0, 0.1) is 6.92 Å². The Morgan fingerprint density at radius 2 is 1.79 bits per heavy atom. The van der Waals surface area contributed by atoms with E-state index >= 15 is 0 Å². The van der Waals surface area contributed by atoms with E-state index in [0.717, 1.165) is 5.56 Å². The molecule has 3 aromatic rings. The van der Waals surface area contributed by atoms with Crippen LogP contribution in [0.15, 0.2) is 88.1 Å². The summed E-state index contributed by atoms with van der Waals surface area (Å²) in [5, 5.41) is 10.4. The summed E-state index contributed by atoms with van der Waals surface area (Å²) in [6, 6.07) is 17.1. The van der Waals surface area contributed by atoms with Crippen molar-refractivity contribution in [3.05, 3.63) is 89.5 Å². The summed E-state index contributed by atoms with van der Waals surface area (Å²) >= 11 is 0. The third kappa shape index (κ3) is 5.32. The van der Waals surface area contributed by atoms with Gasteiger partial charge in [0.05, 0.1) is 16.2 Å². The zero-order valence-corrected chi connectivity index (χ0v) is 18.7. The minimum atomic E-state index is -3.86. The molecule has 168 valence electrons. The van der Waals surface area contributed by atoms with Gasteiger partial charge in [0, 0.05) is 30.9 Å². The van der Waals surface area contributed by atoms with E-state index in [9.17, 15) is 18.3 Å². The molecule has 2 aromatic carbocycles. The van der Waals surface area contributed by atoms with Crippen molar-refractivity contribution in [3.63, 3.8) is 0 Å². The summed E-state index contributed by atoms with van der Waals surface area (Å²) in [5.74, 6) is -0.252. The molecule has 0 aliphatic heterocycles. The molecule has 2 N–H and O–H groups in total. The van der Waals surface area contributed by atoms with Crippen LogP contribution in [-0.4, -0.2) is 35.5 Å². The number of nitrogens with zero attached hydrogens (tertiary/aromatic N) is 3. The van der Waals surface area contributed by atoms with Crippen LogP contribution >= 0.6 is 0 Å². The molecule has 8 nitrogen and oxygen atoms in total. The van der Waals surface area contributed by atoms with Gasteiger partial charge in [-0.15, -0.1) is 0 Å². The molecule has 0 spiro atoms. The highest BCUT2D eigenvalue weighted by Crippen LogP contribution is 2.33. The number of nitrogens with one attached hydrogen (secondary N) is 1. The lowest BCUT2D eigenvalue weighted by molar-refractivity contribution is -0.116. The molecule has 0 amide bonds. The number of ketones is 1. The minimum Gasteiger partial charge on any atom is -0.511 e. The van der Waals surface area contributed by atoms with Gasteiger partial charge in [0.1, 0.15) is 5.76 Å². The van der Waals surface area contributed by atoms with Crippen molar-refractivity contribution in [1.29, 1.82) is 0 Å². The molecular formula is C24H22N4O4S. The predicted octanol–water partition coefficient (Wildman–Crippen LogP) is 4.25. The Balaban J connectivity index is 1.47. The molecule has 0 fully saturated rings. The number of anilines is 1. The summed E-state index contributed by atoms with van der Waals surface area (Å²) < 4.78 is 27.4. The first-order chi connectivity index (χ1) is 15.8. The van der Waals surface area contributed by atoms with Gasteiger partial charge in [-0.25, -0.2) is 23.1 Å². The van der Waals surface area contributed by atoms with E-state index in [4.69, 9.17) is 0 Å². The van der Waals surface area contributed by atoms with Gasteiger partial charge in [0.2, 0.25) is 5.95 Å². The fraction of sp³-hybridized carbons (Fsp3) is 0.167. The number of allylic oxidation sites excluding steroid dienone is 2. The normalized spacial score (nSPS) is 16.9. The van der Waals surface area contributed by atoms with Crippen molar-refractivity contribution in [2.75, 3.05) is 4.72 Å². The molecule has 1 unspecified atom stereocenters. The zero-order valence-electron chi connectivity index (χ0n) is 17.8. The molecule has 1 atom stereocenters. The van der Waals surface area contributed by atoms with E-state index in [2.05, 4.69) is 19.7 Å². The number of hydrogen-bond acceptors (Lipinski definition) is 7. The molecular weight excluding hydrogens is 440 g/mol. The molecule has 1 aliphatic carbocycles. The highest BCUT2D eigenvalue weighted by Gasteiger charge is 2.27. The summed E-state index contributed by atoms with van der Waals surface area (Å²) in [7, 11) is -3.86. The van der Waals surface area contributed by atoms with Crippen molar-refractivity contribution in [2.45, 2.75) is 30.6 Å². The van der Waals surface area contributed by atoms with Crippen LogP contribution in [0.25, 0.3) is 0 Å². The van der Waals surface area contributed by atoms with Gasteiger partial charge in [-0.2, -0.15) is 0 Å². The summed E-state index contributed by atoms with van der Waals surface area (Å²) in [5.41, 5.74) is 2.27. The van der Waals surface area contributed by atoms with E-state index in [0.29, 0.717) is 24.2 Å². The van der Waals surface area contributed by atoms with Crippen molar-refractivity contribution >= 4 is 33.7 Å². The first-order valence-corrected chi connectivity index (χ1v) is 11.8. The van der Waals surface area contributed by atoms with Gasteiger partial charge in [-0.3, -0.25) is 9.79 Å². The van der Waals surface area contributed by atoms with Crippen molar-refractivity contribution in [2.24, 2.45) is 4.99 Å². The van der Waals surface area contributed by atoms with E-state index < -0.39 is 10.0 Å². The molecule has 1 aromatic heterocycles. The van der Waals surface area contributed by atoms with Crippen LogP contribution in [0.4, 0.5) is 11.6 Å². The number of hydrogen-bond donors (Lipinski definition) is 2. The average Bonchev–Trinajstić information content (AvgIpc) is 2.79. The molecule has 1 aliphatic rings. The zero-order chi connectivity index (χ0) is 23.4. The molecule has 0 saturated heterocycles. The van der Waals surface area contributed by atoms with Gasteiger partial charge in [-0.05, 0) is 48.7 Å². The number of aryl methyl sites for hydroxylation is 1. The standard InChI is InChI=1S/C24H22N4O4S/c1-16-11-12-25-24(27-16)28-33(31,32)20-9-7-19(8-10-20)26-15-21-22(29)13-18(14-23(21)30)17-5-3-2-4-6-17/h2-12,15,18,29H,13-14H2,1H3,(H,25,27,28). The van der Waals surface area contributed by atoms with Crippen molar-refractivity contribution < 1.29 is 18.3 Å². The Kier molecular flexibility index (Phi) is 6.32. The molecule has 0 radical (unpaired) electrons. The van der Waals surface area contributed by atoms with Crippen LogP contribution in [0.5, 0.6) is 0 Å². The van der Waals surface area contributed by atoms with Crippen LogP contribution in [-0.2, 0) is 14.8 Å². The lowest BCUT2D eigenvalue weighted by atomic mass is 9.83. The maximum absolute atomic E-state index is 12.6.